The highest BCUT2D eigenvalue weighted by molar-refractivity contribution is 5.97. The normalized spacial score (nSPS) is 23.6. The minimum Gasteiger partial charge on any atom is -0.352 e. The second kappa shape index (κ2) is 6.25. The molecule has 24 heavy (non-hydrogen) atoms. The largest absolute Gasteiger partial charge is 0.352 e. The second-order valence-corrected chi connectivity index (χ2v) is 6.89. The number of fused-ring (bicyclic) bond motifs is 3. The lowest BCUT2D eigenvalue weighted by molar-refractivity contribution is 0.0951. The van der Waals surface area contributed by atoms with Gasteiger partial charge in [0, 0.05) is 31.1 Å². The Morgan fingerprint density at radius 3 is 2.67 bits per heavy atom. The Kier molecular flexibility index (Phi) is 3.95. The minimum atomic E-state index is 0.0667. The van der Waals surface area contributed by atoms with Gasteiger partial charge >= 0.3 is 0 Å². The summed E-state index contributed by atoms with van der Waals surface area (Å²) >= 11 is 0. The Morgan fingerprint density at radius 1 is 1.04 bits per heavy atom. The molecule has 0 unspecified atom stereocenters. The molecule has 0 aromatic heterocycles. The highest BCUT2D eigenvalue weighted by Crippen LogP contribution is 2.35. The third-order valence-corrected chi connectivity index (χ3v) is 5.14. The van der Waals surface area contributed by atoms with Crippen molar-refractivity contribution in [3.8, 4) is 0 Å². The average molecular weight is 318 g/mol. The van der Waals surface area contributed by atoms with E-state index in [1.807, 2.05) is 24.3 Å². The van der Waals surface area contributed by atoms with Gasteiger partial charge in [-0.15, -0.1) is 0 Å². The molecule has 2 heterocycles. The summed E-state index contributed by atoms with van der Waals surface area (Å²) < 4.78 is 0. The van der Waals surface area contributed by atoms with Gasteiger partial charge in [0.1, 0.15) is 0 Å². The molecule has 122 valence electrons. The first-order chi connectivity index (χ1) is 11.7. The lowest BCUT2D eigenvalue weighted by Crippen LogP contribution is -2.29. The van der Waals surface area contributed by atoms with Crippen molar-refractivity contribution in [1.29, 1.82) is 0 Å². The molecule has 0 saturated carbocycles. The molecule has 0 aliphatic carbocycles. The third kappa shape index (κ3) is 2.87. The van der Waals surface area contributed by atoms with E-state index in [1.54, 1.807) is 0 Å². The topological polar surface area (TPSA) is 32.3 Å². The minimum absolute atomic E-state index is 0.0667. The Labute approximate surface area is 143 Å². The molecule has 1 fully saturated rings. The zero-order valence-corrected chi connectivity index (χ0v) is 13.9. The summed E-state index contributed by atoms with van der Waals surface area (Å²) in [4.78, 5) is 14.9. The predicted octanol–water partition coefficient (Wildman–Crippen LogP) is 3.25. The number of nitrogens with one attached hydrogen (secondary N) is 1. The highest BCUT2D eigenvalue weighted by Gasteiger charge is 2.36. The summed E-state index contributed by atoms with van der Waals surface area (Å²) in [7, 11) is 2.16. The maximum Gasteiger partial charge on any atom is 0.251 e. The van der Waals surface area contributed by atoms with Gasteiger partial charge in [0.25, 0.3) is 5.91 Å². The molecule has 4 rings (SSSR count). The Bertz CT molecular complexity index is 782. The number of likely N-dealkylation sites (N-methyl/N-ethyl adjacent to an activating group) is 1. The van der Waals surface area contributed by atoms with Crippen molar-refractivity contribution < 1.29 is 4.79 Å². The van der Waals surface area contributed by atoms with Gasteiger partial charge in [0.15, 0.2) is 0 Å². The SMILES string of the molecule is CN1C[C@@H]2CNC(=O)c3cc(C=Cc4ccccc4)ccc3[C@H]2C1. The van der Waals surface area contributed by atoms with Gasteiger partial charge in [-0.1, -0.05) is 54.6 Å². The van der Waals surface area contributed by atoms with Gasteiger partial charge in [-0.3, -0.25) is 4.79 Å². The van der Waals surface area contributed by atoms with E-state index in [0.29, 0.717) is 11.8 Å². The van der Waals surface area contributed by atoms with Crippen molar-refractivity contribution in [1.82, 2.24) is 10.2 Å². The summed E-state index contributed by atoms with van der Waals surface area (Å²) in [5, 5.41) is 3.10. The molecular formula is C21H22N2O. The number of likely N-dealkylation sites (tertiary alicyclic amines) is 1. The molecule has 2 aliphatic rings. The van der Waals surface area contributed by atoms with Gasteiger partial charge < -0.3 is 10.2 Å². The number of benzene rings is 2. The summed E-state index contributed by atoms with van der Waals surface area (Å²) in [5.41, 5.74) is 4.27. The first-order valence-corrected chi connectivity index (χ1v) is 8.54. The fraction of sp³-hybridized carbons (Fsp3) is 0.286. The number of amides is 1. The molecule has 0 bridgehead atoms. The van der Waals surface area contributed by atoms with Crippen LogP contribution in [0.15, 0.2) is 48.5 Å². The van der Waals surface area contributed by atoms with Crippen LogP contribution in [-0.4, -0.2) is 37.5 Å². The van der Waals surface area contributed by atoms with Crippen LogP contribution in [0.5, 0.6) is 0 Å². The van der Waals surface area contributed by atoms with Gasteiger partial charge in [-0.05, 0) is 35.7 Å². The van der Waals surface area contributed by atoms with Crippen LogP contribution in [-0.2, 0) is 0 Å². The van der Waals surface area contributed by atoms with Crippen LogP contribution in [0.25, 0.3) is 12.2 Å². The van der Waals surface area contributed by atoms with Crippen LogP contribution >= 0.6 is 0 Å². The zero-order chi connectivity index (χ0) is 16.5. The number of hydrogen-bond donors (Lipinski definition) is 1. The lowest BCUT2D eigenvalue weighted by atomic mass is 9.86. The maximum atomic E-state index is 12.5. The number of rotatable bonds is 2. The quantitative estimate of drug-likeness (QED) is 0.862. The number of carbonyl (C=O) groups is 1. The van der Waals surface area contributed by atoms with E-state index in [0.717, 1.165) is 36.3 Å². The smallest absolute Gasteiger partial charge is 0.251 e. The van der Waals surface area contributed by atoms with Crippen molar-refractivity contribution in [2.75, 3.05) is 26.7 Å². The fourth-order valence-corrected chi connectivity index (χ4v) is 3.92. The average Bonchev–Trinajstić information content (AvgIpc) is 2.93. The Balaban J connectivity index is 1.67. The molecule has 1 amide bonds. The maximum absolute atomic E-state index is 12.5. The number of carbonyl (C=O) groups excluding carboxylic acids is 1. The summed E-state index contributed by atoms with van der Waals surface area (Å²) in [6.45, 7) is 2.86. The second-order valence-electron chi connectivity index (χ2n) is 6.89. The van der Waals surface area contributed by atoms with Gasteiger partial charge in [0.2, 0.25) is 0 Å². The number of nitrogens with zero attached hydrogens (tertiary/aromatic N) is 1. The van der Waals surface area contributed by atoms with Crippen molar-refractivity contribution >= 4 is 18.1 Å². The number of hydrogen-bond acceptors (Lipinski definition) is 2. The molecule has 3 nitrogen and oxygen atoms in total. The first kappa shape index (κ1) is 15.2. The molecule has 2 aromatic rings. The van der Waals surface area contributed by atoms with Crippen LogP contribution in [0.1, 0.15) is 33.0 Å². The fourth-order valence-electron chi connectivity index (χ4n) is 3.92. The van der Waals surface area contributed by atoms with Crippen LogP contribution in [0.3, 0.4) is 0 Å². The Morgan fingerprint density at radius 2 is 1.83 bits per heavy atom. The molecule has 2 atom stereocenters. The van der Waals surface area contributed by atoms with Crippen molar-refractivity contribution in [3.05, 3.63) is 70.8 Å². The summed E-state index contributed by atoms with van der Waals surface area (Å²) in [5.74, 6) is 1.04. The van der Waals surface area contributed by atoms with E-state index in [4.69, 9.17) is 0 Å². The van der Waals surface area contributed by atoms with Crippen molar-refractivity contribution in [3.63, 3.8) is 0 Å². The summed E-state index contributed by atoms with van der Waals surface area (Å²) in [6, 6.07) is 16.5. The third-order valence-electron chi connectivity index (χ3n) is 5.14. The van der Waals surface area contributed by atoms with Crippen LogP contribution in [0.4, 0.5) is 0 Å². The zero-order valence-electron chi connectivity index (χ0n) is 13.9. The van der Waals surface area contributed by atoms with E-state index < -0.39 is 0 Å². The van der Waals surface area contributed by atoms with E-state index in [-0.39, 0.29) is 5.91 Å². The Hall–Kier alpha value is -2.39. The van der Waals surface area contributed by atoms with Gasteiger partial charge in [-0.2, -0.15) is 0 Å². The molecule has 2 aliphatic heterocycles. The lowest BCUT2D eigenvalue weighted by Gasteiger charge is -2.16. The van der Waals surface area contributed by atoms with Crippen molar-refractivity contribution in [2.24, 2.45) is 5.92 Å². The van der Waals surface area contributed by atoms with Crippen LogP contribution in [0.2, 0.25) is 0 Å². The van der Waals surface area contributed by atoms with Crippen LogP contribution < -0.4 is 5.32 Å². The molecule has 3 heteroatoms. The highest BCUT2D eigenvalue weighted by atomic mass is 16.1. The predicted molar refractivity (Wildman–Crippen MR) is 97.9 cm³/mol. The van der Waals surface area contributed by atoms with E-state index in [9.17, 15) is 4.79 Å². The molecule has 0 spiro atoms. The molecular weight excluding hydrogens is 296 g/mol. The molecule has 2 aromatic carbocycles. The van der Waals surface area contributed by atoms with Crippen molar-refractivity contribution in [2.45, 2.75) is 5.92 Å². The summed E-state index contributed by atoms with van der Waals surface area (Å²) in [6.07, 6.45) is 4.16. The monoisotopic (exact) mass is 318 g/mol. The molecule has 1 saturated heterocycles. The molecule has 1 N–H and O–H groups in total. The van der Waals surface area contributed by atoms with Gasteiger partial charge in [0.05, 0.1) is 0 Å². The van der Waals surface area contributed by atoms with E-state index >= 15 is 0 Å². The van der Waals surface area contributed by atoms with E-state index in [2.05, 4.69) is 53.7 Å². The van der Waals surface area contributed by atoms with Crippen LogP contribution in [0, 0.1) is 5.92 Å². The first-order valence-electron chi connectivity index (χ1n) is 8.54. The van der Waals surface area contributed by atoms with E-state index in [1.165, 1.54) is 5.56 Å². The molecule has 0 radical (unpaired) electrons. The standard InChI is InChI=1S/C21H22N2O/c1-23-13-17-12-22-21(24)19-11-16(9-10-18(19)20(17)14-23)8-7-15-5-3-2-4-6-15/h2-11,17,20H,12-14H2,1H3,(H,22,24)/t17-,20-/m0/s1. The van der Waals surface area contributed by atoms with Gasteiger partial charge in [-0.25, -0.2) is 0 Å².